The molecule has 19 heavy (non-hydrogen) atoms. The van der Waals surface area contributed by atoms with Gasteiger partial charge in [-0.25, -0.2) is 4.98 Å². The molecule has 0 spiro atoms. The number of halogens is 2. The van der Waals surface area contributed by atoms with Crippen LogP contribution in [0.5, 0.6) is 0 Å². The van der Waals surface area contributed by atoms with Crippen LogP contribution in [0.2, 0.25) is 0 Å². The first-order valence-corrected chi connectivity index (χ1v) is 8.25. The number of rotatable bonds is 3. The van der Waals surface area contributed by atoms with Gasteiger partial charge in [0.15, 0.2) is 5.65 Å². The lowest BCUT2D eigenvalue weighted by Gasteiger charge is -2.22. The van der Waals surface area contributed by atoms with Crippen molar-refractivity contribution in [1.29, 1.82) is 0 Å². The monoisotopic (exact) mass is 435 g/mol. The zero-order valence-corrected chi connectivity index (χ0v) is 14.1. The number of aromatic nitrogens is 2. The molecule has 6 heteroatoms. The van der Waals surface area contributed by atoms with Gasteiger partial charge in [-0.05, 0) is 63.3 Å². The van der Waals surface area contributed by atoms with Crippen LogP contribution in [0, 0.1) is 9.62 Å². The lowest BCUT2D eigenvalue weighted by molar-refractivity contribution is 0.0699. The molecule has 0 bridgehead atoms. The van der Waals surface area contributed by atoms with Crippen LogP contribution in [0.4, 0.5) is 5.69 Å². The summed E-state index contributed by atoms with van der Waals surface area (Å²) in [6, 6.07) is 2.09. The van der Waals surface area contributed by atoms with Crippen molar-refractivity contribution >= 4 is 49.9 Å². The van der Waals surface area contributed by atoms with Gasteiger partial charge in [0.1, 0.15) is 3.70 Å². The second-order valence-corrected chi connectivity index (χ2v) is 6.80. The Labute approximate surface area is 134 Å². The van der Waals surface area contributed by atoms with Crippen LogP contribution in [0.15, 0.2) is 22.9 Å². The zero-order valence-electron chi connectivity index (χ0n) is 10.4. The van der Waals surface area contributed by atoms with Gasteiger partial charge in [0.2, 0.25) is 0 Å². The van der Waals surface area contributed by atoms with E-state index < -0.39 is 0 Å². The van der Waals surface area contributed by atoms with Crippen molar-refractivity contribution in [3.8, 4) is 0 Å². The minimum atomic E-state index is 0.696. The highest BCUT2D eigenvalue weighted by molar-refractivity contribution is 14.1. The van der Waals surface area contributed by atoms with Crippen LogP contribution in [-0.4, -0.2) is 29.1 Å². The van der Waals surface area contributed by atoms with Crippen molar-refractivity contribution in [3.05, 3.63) is 26.6 Å². The fourth-order valence-electron chi connectivity index (χ4n) is 2.36. The summed E-state index contributed by atoms with van der Waals surface area (Å²) in [6.45, 7) is 2.77. The molecule has 1 aliphatic rings. The van der Waals surface area contributed by atoms with E-state index in [4.69, 9.17) is 4.74 Å². The number of ether oxygens (including phenoxy) is 1. The molecule has 0 unspecified atom stereocenters. The van der Waals surface area contributed by atoms with Gasteiger partial charge in [0.25, 0.3) is 0 Å². The molecule has 0 atom stereocenters. The molecule has 1 aliphatic heterocycles. The van der Waals surface area contributed by atoms with Gasteiger partial charge in [-0.3, -0.25) is 4.40 Å². The quantitative estimate of drug-likeness (QED) is 0.749. The van der Waals surface area contributed by atoms with Crippen molar-refractivity contribution in [2.45, 2.75) is 12.8 Å². The average molecular weight is 436 g/mol. The summed E-state index contributed by atoms with van der Waals surface area (Å²) in [4.78, 5) is 4.47. The van der Waals surface area contributed by atoms with Crippen molar-refractivity contribution < 1.29 is 4.74 Å². The van der Waals surface area contributed by atoms with Crippen molar-refractivity contribution in [1.82, 2.24) is 9.38 Å². The molecule has 2 aromatic rings. The fraction of sp³-hybridized carbons (Fsp3) is 0.462. The first kappa shape index (κ1) is 13.6. The van der Waals surface area contributed by atoms with E-state index in [1.807, 2.05) is 12.4 Å². The third-order valence-corrected chi connectivity index (χ3v) is 4.68. The SMILES string of the molecule is Brc1cc(NCC2CCOCC2)c2ncc(I)n2c1. The lowest BCUT2D eigenvalue weighted by Crippen LogP contribution is -2.22. The Morgan fingerprint density at radius 2 is 2.26 bits per heavy atom. The van der Waals surface area contributed by atoms with Crippen LogP contribution in [-0.2, 0) is 4.74 Å². The molecule has 4 nitrogen and oxygen atoms in total. The van der Waals surface area contributed by atoms with E-state index in [2.05, 4.69) is 59.3 Å². The molecule has 2 aromatic heterocycles. The Kier molecular flexibility index (Phi) is 4.28. The maximum absolute atomic E-state index is 5.39. The predicted octanol–water partition coefficient (Wildman–Crippen LogP) is 3.54. The van der Waals surface area contributed by atoms with Crippen LogP contribution >= 0.6 is 38.5 Å². The summed E-state index contributed by atoms with van der Waals surface area (Å²) in [5.41, 5.74) is 2.07. The molecule has 102 valence electrons. The predicted molar refractivity (Wildman–Crippen MR) is 87.6 cm³/mol. The van der Waals surface area contributed by atoms with Crippen LogP contribution in [0.3, 0.4) is 0 Å². The van der Waals surface area contributed by atoms with Crippen LogP contribution in [0.1, 0.15) is 12.8 Å². The summed E-state index contributed by atoms with van der Waals surface area (Å²) < 4.78 is 9.66. The Balaban J connectivity index is 1.79. The van der Waals surface area contributed by atoms with Gasteiger partial charge >= 0.3 is 0 Å². The fourth-order valence-corrected chi connectivity index (χ4v) is 3.30. The Morgan fingerprint density at radius 3 is 3.05 bits per heavy atom. The maximum Gasteiger partial charge on any atom is 0.161 e. The largest absolute Gasteiger partial charge is 0.382 e. The van der Waals surface area contributed by atoms with Gasteiger partial charge in [-0.1, -0.05) is 0 Å². The molecule has 3 heterocycles. The summed E-state index contributed by atoms with van der Waals surface area (Å²) >= 11 is 5.85. The summed E-state index contributed by atoms with van der Waals surface area (Å²) in [5.74, 6) is 0.696. The molecular formula is C13H15BrIN3O. The summed E-state index contributed by atoms with van der Waals surface area (Å²) in [5, 5.41) is 3.54. The number of imidazole rings is 1. The van der Waals surface area contributed by atoms with E-state index in [1.54, 1.807) is 0 Å². The van der Waals surface area contributed by atoms with Gasteiger partial charge in [0, 0.05) is 30.4 Å². The number of hydrogen-bond donors (Lipinski definition) is 1. The smallest absolute Gasteiger partial charge is 0.161 e. The zero-order chi connectivity index (χ0) is 13.2. The lowest BCUT2D eigenvalue weighted by atomic mass is 10.0. The highest BCUT2D eigenvalue weighted by atomic mass is 127. The first-order valence-electron chi connectivity index (χ1n) is 6.38. The number of nitrogens with one attached hydrogen (secondary N) is 1. The number of hydrogen-bond acceptors (Lipinski definition) is 3. The van der Waals surface area contributed by atoms with Crippen molar-refractivity contribution in [2.24, 2.45) is 5.92 Å². The van der Waals surface area contributed by atoms with E-state index in [-0.39, 0.29) is 0 Å². The minimum Gasteiger partial charge on any atom is -0.382 e. The minimum absolute atomic E-state index is 0.696. The molecule has 0 aromatic carbocycles. The standard InChI is InChI=1S/C13H15BrIN3O/c14-10-5-11(13-17-7-12(15)18(13)8-10)16-6-9-1-3-19-4-2-9/h5,7-9,16H,1-4,6H2. The van der Waals surface area contributed by atoms with Gasteiger partial charge in [-0.2, -0.15) is 0 Å². The molecule has 0 aliphatic carbocycles. The second-order valence-electron chi connectivity index (χ2n) is 4.78. The number of fused-ring (bicyclic) bond motifs is 1. The van der Waals surface area contributed by atoms with E-state index in [1.165, 1.54) is 0 Å². The van der Waals surface area contributed by atoms with Gasteiger partial charge in [-0.15, -0.1) is 0 Å². The first-order chi connectivity index (χ1) is 9.24. The van der Waals surface area contributed by atoms with Crippen molar-refractivity contribution in [3.63, 3.8) is 0 Å². The molecule has 1 saturated heterocycles. The molecule has 1 N–H and O–H groups in total. The highest BCUT2D eigenvalue weighted by Gasteiger charge is 2.14. The average Bonchev–Trinajstić information content (AvgIpc) is 2.79. The molecule has 0 amide bonds. The van der Waals surface area contributed by atoms with Gasteiger partial charge < -0.3 is 10.1 Å². The van der Waals surface area contributed by atoms with Gasteiger partial charge in [0.05, 0.1) is 11.9 Å². The third-order valence-electron chi connectivity index (χ3n) is 3.45. The number of pyridine rings is 1. The third kappa shape index (κ3) is 3.05. The topological polar surface area (TPSA) is 38.6 Å². The normalized spacial score (nSPS) is 16.9. The van der Waals surface area contributed by atoms with Crippen LogP contribution < -0.4 is 5.32 Å². The summed E-state index contributed by atoms with van der Waals surface area (Å²) in [7, 11) is 0. The van der Waals surface area contributed by atoms with E-state index in [0.29, 0.717) is 5.92 Å². The molecule has 1 fully saturated rings. The number of nitrogens with zero attached hydrogens (tertiary/aromatic N) is 2. The Hall–Kier alpha value is -0.340. The highest BCUT2D eigenvalue weighted by Crippen LogP contribution is 2.24. The van der Waals surface area contributed by atoms with E-state index in [0.717, 1.165) is 52.1 Å². The number of anilines is 1. The Morgan fingerprint density at radius 1 is 1.47 bits per heavy atom. The van der Waals surface area contributed by atoms with E-state index >= 15 is 0 Å². The summed E-state index contributed by atoms with van der Waals surface area (Å²) in [6.07, 6.45) is 6.22. The Bertz CT molecular complexity index is 581. The van der Waals surface area contributed by atoms with E-state index in [9.17, 15) is 0 Å². The molecular weight excluding hydrogens is 421 g/mol. The molecule has 3 rings (SSSR count). The molecule has 0 radical (unpaired) electrons. The van der Waals surface area contributed by atoms with Crippen molar-refractivity contribution in [2.75, 3.05) is 25.1 Å². The maximum atomic E-state index is 5.39. The molecule has 0 saturated carbocycles. The second kappa shape index (κ2) is 5.97. The van der Waals surface area contributed by atoms with Crippen LogP contribution in [0.25, 0.3) is 5.65 Å².